The number of hydrogen-bond donors (Lipinski definition) is 1. The van der Waals surface area contributed by atoms with Gasteiger partial charge in [0.25, 0.3) is 5.91 Å². The van der Waals surface area contributed by atoms with E-state index in [4.69, 9.17) is 0 Å². The number of halogens is 3. The van der Waals surface area contributed by atoms with Gasteiger partial charge in [-0.25, -0.2) is 4.79 Å². The number of carbonyl (C=O) groups is 3. The lowest BCUT2D eigenvalue weighted by Gasteiger charge is -2.37. The lowest BCUT2D eigenvalue weighted by Crippen LogP contribution is -2.54. The molecule has 1 N–H and O–H groups in total. The van der Waals surface area contributed by atoms with E-state index in [0.29, 0.717) is 6.42 Å². The topological polar surface area (TPSA) is 69.7 Å². The lowest BCUT2D eigenvalue weighted by molar-refractivity contribution is -0.166. The summed E-state index contributed by atoms with van der Waals surface area (Å²) in [7, 11) is 0. The molecule has 0 unspecified atom stereocenters. The van der Waals surface area contributed by atoms with Gasteiger partial charge in [-0.1, -0.05) is 19.8 Å². The fraction of sp³-hybridized carbons (Fsp3) is 0.833. The number of hydrogen-bond acceptors (Lipinski definition) is 3. The Morgan fingerprint density at radius 3 is 2.52 bits per heavy atom. The molecule has 6 nitrogen and oxygen atoms in total. The number of amides is 4. The molecule has 1 spiro atoms. The van der Waals surface area contributed by atoms with Gasteiger partial charge in [0.1, 0.15) is 18.6 Å². The number of carbonyl (C=O) groups excluding carboxylic acids is 3. The molecule has 9 heteroatoms. The fourth-order valence-electron chi connectivity index (χ4n) is 4.35. The molecule has 4 amide bonds. The molecule has 3 aliphatic rings. The first-order chi connectivity index (χ1) is 12.5. The van der Waals surface area contributed by atoms with Crippen molar-refractivity contribution in [2.45, 2.75) is 70.1 Å². The van der Waals surface area contributed by atoms with Crippen molar-refractivity contribution in [2.24, 2.45) is 11.8 Å². The number of rotatable bonds is 5. The first kappa shape index (κ1) is 19.9. The van der Waals surface area contributed by atoms with E-state index in [1.54, 1.807) is 6.92 Å². The molecule has 1 aliphatic heterocycles. The van der Waals surface area contributed by atoms with Crippen LogP contribution in [0.1, 0.15) is 52.4 Å². The van der Waals surface area contributed by atoms with Gasteiger partial charge < -0.3 is 10.2 Å². The molecule has 0 radical (unpaired) electrons. The second-order valence-corrected chi connectivity index (χ2v) is 8.15. The van der Waals surface area contributed by atoms with Gasteiger partial charge in [0.15, 0.2) is 0 Å². The quantitative estimate of drug-likeness (QED) is 0.735. The molecule has 27 heavy (non-hydrogen) atoms. The molecule has 0 aromatic carbocycles. The number of imide groups is 1. The zero-order chi connectivity index (χ0) is 20.0. The highest BCUT2D eigenvalue weighted by Gasteiger charge is 2.55. The highest BCUT2D eigenvalue weighted by molar-refractivity contribution is 6.09. The van der Waals surface area contributed by atoms with Crippen molar-refractivity contribution < 1.29 is 27.6 Å². The summed E-state index contributed by atoms with van der Waals surface area (Å²) >= 11 is 0. The SMILES string of the molecule is C[C@H](C1CC1)N(CC(F)(F)F)C(=O)CN1C(=O)N[C@@]2(CCCC[C@@H]2C)C1=O. The minimum Gasteiger partial charge on any atom is -0.329 e. The van der Waals surface area contributed by atoms with E-state index in [9.17, 15) is 27.6 Å². The fourth-order valence-corrected chi connectivity index (χ4v) is 4.35. The Morgan fingerprint density at radius 1 is 1.30 bits per heavy atom. The third kappa shape index (κ3) is 3.91. The van der Waals surface area contributed by atoms with Crippen LogP contribution in [0.3, 0.4) is 0 Å². The summed E-state index contributed by atoms with van der Waals surface area (Å²) in [5.74, 6) is -1.35. The number of alkyl halides is 3. The summed E-state index contributed by atoms with van der Waals surface area (Å²) < 4.78 is 38.9. The number of urea groups is 1. The van der Waals surface area contributed by atoms with E-state index in [1.165, 1.54) is 0 Å². The maximum Gasteiger partial charge on any atom is 0.406 e. The van der Waals surface area contributed by atoms with E-state index in [0.717, 1.165) is 41.9 Å². The zero-order valence-electron chi connectivity index (χ0n) is 15.6. The van der Waals surface area contributed by atoms with Crippen LogP contribution in [0.25, 0.3) is 0 Å². The van der Waals surface area contributed by atoms with Gasteiger partial charge >= 0.3 is 12.2 Å². The lowest BCUT2D eigenvalue weighted by atomic mass is 9.73. The van der Waals surface area contributed by atoms with Gasteiger partial charge in [-0.3, -0.25) is 14.5 Å². The molecule has 152 valence electrons. The largest absolute Gasteiger partial charge is 0.406 e. The van der Waals surface area contributed by atoms with E-state index >= 15 is 0 Å². The molecule has 0 aromatic heterocycles. The maximum absolute atomic E-state index is 13.0. The molecular formula is C18H26F3N3O3. The highest BCUT2D eigenvalue weighted by atomic mass is 19.4. The Labute approximate surface area is 156 Å². The minimum absolute atomic E-state index is 0.0455. The molecule has 1 heterocycles. The van der Waals surface area contributed by atoms with Crippen molar-refractivity contribution in [2.75, 3.05) is 13.1 Å². The zero-order valence-corrected chi connectivity index (χ0v) is 15.6. The van der Waals surface area contributed by atoms with Crippen molar-refractivity contribution in [1.29, 1.82) is 0 Å². The Bertz CT molecular complexity index is 635. The van der Waals surface area contributed by atoms with Crippen molar-refractivity contribution in [1.82, 2.24) is 15.1 Å². The van der Waals surface area contributed by atoms with Gasteiger partial charge in [-0.2, -0.15) is 13.2 Å². The molecule has 3 atom stereocenters. The molecule has 0 aromatic rings. The van der Waals surface area contributed by atoms with Crippen molar-refractivity contribution >= 4 is 17.8 Å². The molecule has 0 bridgehead atoms. The summed E-state index contributed by atoms with van der Waals surface area (Å²) in [5, 5.41) is 2.72. The molecular weight excluding hydrogens is 363 g/mol. The minimum atomic E-state index is -4.53. The smallest absolute Gasteiger partial charge is 0.329 e. The molecule has 2 aliphatic carbocycles. The van der Waals surface area contributed by atoms with Crippen LogP contribution in [0.5, 0.6) is 0 Å². The van der Waals surface area contributed by atoms with Gasteiger partial charge in [0.2, 0.25) is 5.91 Å². The number of nitrogens with one attached hydrogen (secondary N) is 1. The molecule has 1 saturated heterocycles. The van der Waals surface area contributed by atoms with Crippen molar-refractivity contribution in [3.8, 4) is 0 Å². The van der Waals surface area contributed by atoms with E-state index in [1.807, 2.05) is 6.92 Å². The Balaban J connectivity index is 1.74. The third-order valence-corrected chi connectivity index (χ3v) is 6.26. The van der Waals surface area contributed by atoms with Crippen LogP contribution in [0, 0.1) is 11.8 Å². The maximum atomic E-state index is 13.0. The average molecular weight is 389 g/mol. The van der Waals surface area contributed by atoms with Crippen LogP contribution in [-0.2, 0) is 9.59 Å². The monoisotopic (exact) mass is 389 g/mol. The van der Waals surface area contributed by atoms with Crippen LogP contribution in [0.4, 0.5) is 18.0 Å². The number of nitrogens with zero attached hydrogens (tertiary/aromatic N) is 2. The van der Waals surface area contributed by atoms with E-state index in [-0.39, 0.29) is 11.8 Å². The van der Waals surface area contributed by atoms with Gasteiger partial charge in [0.05, 0.1) is 0 Å². The first-order valence-corrected chi connectivity index (χ1v) is 9.55. The van der Waals surface area contributed by atoms with Gasteiger partial charge in [0, 0.05) is 6.04 Å². The predicted octanol–water partition coefficient (Wildman–Crippen LogP) is 2.68. The predicted molar refractivity (Wildman–Crippen MR) is 90.6 cm³/mol. The molecule has 3 rings (SSSR count). The summed E-state index contributed by atoms with van der Waals surface area (Å²) in [6.45, 7) is 1.46. The second kappa shape index (κ2) is 6.98. The summed E-state index contributed by atoms with van der Waals surface area (Å²) in [4.78, 5) is 39.5. The van der Waals surface area contributed by atoms with Crippen molar-refractivity contribution in [3.63, 3.8) is 0 Å². The Hall–Kier alpha value is -1.80. The van der Waals surface area contributed by atoms with E-state index in [2.05, 4.69) is 5.32 Å². The first-order valence-electron chi connectivity index (χ1n) is 9.55. The normalized spacial score (nSPS) is 29.8. The molecule has 3 fully saturated rings. The van der Waals surface area contributed by atoms with Crippen LogP contribution in [0.15, 0.2) is 0 Å². The van der Waals surface area contributed by atoms with Gasteiger partial charge in [-0.15, -0.1) is 0 Å². The summed E-state index contributed by atoms with van der Waals surface area (Å²) in [6.07, 6.45) is 0.0650. The Kier molecular flexibility index (Phi) is 5.16. The third-order valence-electron chi connectivity index (χ3n) is 6.26. The summed E-state index contributed by atoms with van der Waals surface area (Å²) in [6, 6.07) is -1.25. The van der Waals surface area contributed by atoms with Gasteiger partial charge in [-0.05, 0) is 44.4 Å². The Morgan fingerprint density at radius 2 is 1.96 bits per heavy atom. The second-order valence-electron chi connectivity index (χ2n) is 8.15. The standard InChI is InChI=1S/C18H26F3N3O3/c1-11-5-3-4-8-17(11)15(26)23(16(27)22-17)9-14(25)24(10-18(19,20)21)12(2)13-6-7-13/h11-13H,3-10H2,1-2H3,(H,22,27)/t11-,12+,17+/m0/s1. The van der Waals surface area contributed by atoms with Crippen molar-refractivity contribution in [3.05, 3.63) is 0 Å². The van der Waals surface area contributed by atoms with Crippen LogP contribution >= 0.6 is 0 Å². The molecule has 2 saturated carbocycles. The summed E-state index contributed by atoms with van der Waals surface area (Å²) in [5.41, 5.74) is -1.02. The van der Waals surface area contributed by atoms with Crippen LogP contribution < -0.4 is 5.32 Å². The van der Waals surface area contributed by atoms with Crippen LogP contribution in [-0.4, -0.2) is 58.5 Å². The van der Waals surface area contributed by atoms with Crippen LogP contribution in [0.2, 0.25) is 0 Å². The highest BCUT2D eigenvalue weighted by Crippen LogP contribution is 2.39. The average Bonchev–Trinajstić information content (AvgIpc) is 3.39. The van der Waals surface area contributed by atoms with E-state index < -0.39 is 48.7 Å².